The van der Waals surface area contributed by atoms with Crippen molar-refractivity contribution in [3.63, 3.8) is 0 Å². The first kappa shape index (κ1) is 24.4. The molecule has 1 atom stereocenters. The molecule has 190 valence electrons. The molecule has 0 aliphatic carbocycles. The van der Waals surface area contributed by atoms with Crippen LogP contribution >= 0.6 is 0 Å². The first-order valence-electron chi connectivity index (χ1n) is 11.5. The zero-order valence-corrected chi connectivity index (χ0v) is 20.0. The molecule has 5 rings (SSSR count). The molecule has 2 heterocycles. The van der Waals surface area contributed by atoms with Gasteiger partial charge in [-0.15, -0.1) is 0 Å². The van der Waals surface area contributed by atoms with E-state index in [0.717, 1.165) is 0 Å². The monoisotopic (exact) mass is 512 g/mol. The van der Waals surface area contributed by atoms with Crippen LogP contribution in [0.1, 0.15) is 28.9 Å². The van der Waals surface area contributed by atoms with Crippen LogP contribution in [0.2, 0.25) is 0 Å². The van der Waals surface area contributed by atoms with Gasteiger partial charge in [0.15, 0.2) is 0 Å². The summed E-state index contributed by atoms with van der Waals surface area (Å²) in [6.07, 6.45) is 1.37. The minimum Gasteiger partial charge on any atom is -0.343 e. The molecule has 1 aliphatic rings. The van der Waals surface area contributed by atoms with Crippen molar-refractivity contribution in [1.82, 2.24) is 9.78 Å². The second-order valence-electron chi connectivity index (χ2n) is 8.55. The molecule has 4 aromatic rings. The first-order chi connectivity index (χ1) is 18.3. The van der Waals surface area contributed by atoms with Gasteiger partial charge in [0.05, 0.1) is 16.7 Å². The summed E-state index contributed by atoms with van der Waals surface area (Å²) in [5.41, 5.74) is 2.45. The molecule has 10 nitrogen and oxygen atoms in total. The maximum atomic E-state index is 13.5. The molecule has 1 aliphatic heterocycles. The number of benzene rings is 3. The van der Waals surface area contributed by atoms with Crippen LogP contribution in [-0.4, -0.2) is 26.5 Å². The van der Waals surface area contributed by atoms with Gasteiger partial charge in [0, 0.05) is 29.2 Å². The third-order valence-corrected chi connectivity index (χ3v) is 6.07. The summed E-state index contributed by atoms with van der Waals surface area (Å²) in [6, 6.07) is 19.3. The van der Waals surface area contributed by atoms with E-state index in [4.69, 9.17) is 0 Å². The molecular weight excluding hydrogens is 491 g/mol. The van der Waals surface area contributed by atoms with Gasteiger partial charge in [-0.2, -0.15) is 5.10 Å². The highest BCUT2D eigenvalue weighted by Crippen LogP contribution is 2.38. The van der Waals surface area contributed by atoms with Crippen LogP contribution in [-0.2, 0) is 4.79 Å². The molecule has 1 unspecified atom stereocenters. The van der Waals surface area contributed by atoms with Crippen molar-refractivity contribution in [2.45, 2.75) is 13.0 Å². The summed E-state index contributed by atoms with van der Waals surface area (Å²) in [7, 11) is 0. The average molecular weight is 513 g/mol. The highest BCUT2D eigenvalue weighted by Gasteiger charge is 2.35. The lowest BCUT2D eigenvalue weighted by Crippen LogP contribution is -2.32. The molecule has 11 heteroatoms. The van der Waals surface area contributed by atoms with Gasteiger partial charge in [-0.3, -0.25) is 19.7 Å². The number of carbonyl (C=O) groups is 2. The minimum atomic E-state index is -0.789. The summed E-state index contributed by atoms with van der Waals surface area (Å²) in [5, 5.41) is 24.3. The van der Waals surface area contributed by atoms with Crippen LogP contribution in [0, 0.1) is 15.9 Å². The fraction of sp³-hybridized carbons (Fsp3) is 0.0741. The van der Waals surface area contributed by atoms with Crippen molar-refractivity contribution in [2.24, 2.45) is 0 Å². The third-order valence-electron chi connectivity index (χ3n) is 6.07. The van der Waals surface area contributed by atoms with Gasteiger partial charge >= 0.3 is 0 Å². The number of hydrogen-bond donors (Lipinski definition) is 3. The Bertz CT molecular complexity index is 1560. The number of fused-ring (bicyclic) bond motifs is 1. The number of allylic oxidation sites excluding steroid dienone is 1. The highest BCUT2D eigenvalue weighted by atomic mass is 19.1. The Labute approximate surface area is 215 Å². The molecule has 3 aromatic carbocycles. The van der Waals surface area contributed by atoms with E-state index in [-0.39, 0.29) is 11.3 Å². The van der Waals surface area contributed by atoms with Crippen molar-refractivity contribution in [3.05, 3.63) is 123 Å². The van der Waals surface area contributed by atoms with Gasteiger partial charge < -0.3 is 16.0 Å². The van der Waals surface area contributed by atoms with Crippen LogP contribution in [0.5, 0.6) is 0 Å². The molecule has 0 spiro atoms. The number of amides is 2. The normalized spacial score (nSPS) is 14.3. The van der Waals surface area contributed by atoms with E-state index in [2.05, 4.69) is 21.0 Å². The fourth-order valence-electron chi connectivity index (χ4n) is 4.25. The summed E-state index contributed by atoms with van der Waals surface area (Å²) >= 11 is 0. The van der Waals surface area contributed by atoms with Gasteiger partial charge in [-0.05, 0) is 61.0 Å². The maximum Gasteiger partial charge on any atom is 0.269 e. The Balaban J connectivity index is 1.54. The molecule has 2 amide bonds. The van der Waals surface area contributed by atoms with E-state index < -0.39 is 28.6 Å². The highest BCUT2D eigenvalue weighted by molar-refractivity contribution is 6.09. The van der Waals surface area contributed by atoms with Crippen LogP contribution in [0.4, 0.5) is 27.3 Å². The molecule has 0 bridgehead atoms. The number of nitrogens with one attached hydrogen (secondary N) is 3. The van der Waals surface area contributed by atoms with E-state index in [0.29, 0.717) is 34.0 Å². The number of halogens is 1. The number of para-hydroxylation sites is 1. The van der Waals surface area contributed by atoms with E-state index in [1.165, 1.54) is 47.3 Å². The molecular formula is C27H21FN6O4. The third kappa shape index (κ3) is 4.72. The van der Waals surface area contributed by atoms with E-state index in [9.17, 15) is 24.1 Å². The largest absolute Gasteiger partial charge is 0.343 e. The lowest BCUT2D eigenvalue weighted by atomic mass is 9.94. The summed E-state index contributed by atoms with van der Waals surface area (Å²) in [6.45, 7) is 1.70. The summed E-state index contributed by atoms with van der Waals surface area (Å²) in [5.74, 6) is -0.983. The topological polar surface area (TPSA) is 131 Å². The smallest absolute Gasteiger partial charge is 0.269 e. The Morgan fingerprint density at radius 2 is 1.58 bits per heavy atom. The molecule has 0 saturated heterocycles. The van der Waals surface area contributed by atoms with E-state index in [1.54, 1.807) is 43.3 Å². The average Bonchev–Trinajstić information content (AvgIpc) is 3.33. The maximum absolute atomic E-state index is 13.5. The molecule has 0 radical (unpaired) electrons. The standard InChI is InChI=1S/C27H21FN6O4/c1-16-23(27(36)32-19-5-3-2-4-6-19)24(17-7-13-21(14-8-17)34(37)38)33-25(30-16)22(15-29-33)26(35)31-20-11-9-18(28)10-12-20/h2-15,24,30H,1H3,(H,31,35)(H,32,36). The van der Waals surface area contributed by atoms with Gasteiger partial charge in [0.2, 0.25) is 0 Å². The number of hydrogen-bond acceptors (Lipinski definition) is 6. The van der Waals surface area contributed by atoms with Crippen LogP contribution in [0.15, 0.2) is 96.3 Å². The Hall–Kier alpha value is -5.32. The number of rotatable bonds is 6. The van der Waals surface area contributed by atoms with Crippen molar-refractivity contribution in [2.75, 3.05) is 16.0 Å². The van der Waals surface area contributed by atoms with E-state index in [1.807, 2.05) is 6.07 Å². The Kier molecular flexibility index (Phi) is 6.40. The fourth-order valence-corrected chi connectivity index (χ4v) is 4.25. The minimum absolute atomic E-state index is 0.0984. The molecule has 1 aromatic heterocycles. The number of non-ortho nitro benzene ring substituents is 1. The molecule has 0 saturated carbocycles. The van der Waals surface area contributed by atoms with Crippen molar-refractivity contribution in [1.29, 1.82) is 0 Å². The lowest BCUT2D eigenvalue weighted by Gasteiger charge is -2.30. The van der Waals surface area contributed by atoms with Crippen molar-refractivity contribution >= 4 is 34.7 Å². The second-order valence-corrected chi connectivity index (χ2v) is 8.55. The number of nitrogens with zero attached hydrogens (tertiary/aromatic N) is 3. The lowest BCUT2D eigenvalue weighted by molar-refractivity contribution is -0.384. The number of anilines is 3. The van der Waals surface area contributed by atoms with Crippen molar-refractivity contribution < 1.29 is 18.9 Å². The number of carbonyl (C=O) groups excluding carboxylic acids is 2. The van der Waals surface area contributed by atoms with Gasteiger partial charge in [-0.25, -0.2) is 9.07 Å². The van der Waals surface area contributed by atoms with Crippen LogP contribution in [0.3, 0.4) is 0 Å². The van der Waals surface area contributed by atoms with Gasteiger partial charge in [0.1, 0.15) is 23.2 Å². The SMILES string of the molecule is CC1=C(C(=O)Nc2ccccc2)C(c2ccc([N+](=O)[O-])cc2)n2ncc(C(=O)Nc3ccc(F)cc3)c2N1. The molecule has 0 fully saturated rings. The zero-order chi connectivity index (χ0) is 26.8. The van der Waals surface area contributed by atoms with E-state index >= 15 is 0 Å². The molecule has 3 N–H and O–H groups in total. The molecule has 38 heavy (non-hydrogen) atoms. The predicted molar refractivity (Wildman–Crippen MR) is 139 cm³/mol. The summed E-state index contributed by atoms with van der Waals surface area (Å²) in [4.78, 5) is 37.3. The number of aromatic nitrogens is 2. The van der Waals surface area contributed by atoms with Gasteiger partial charge in [0.25, 0.3) is 17.5 Å². The number of nitro benzene ring substituents is 1. The van der Waals surface area contributed by atoms with Crippen LogP contribution < -0.4 is 16.0 Å². The summed E-state index contributed by atoms with van der Waals surface area (Å²) < 4.78 is 14.8. The van der Waals surface area contributed by atoms with Crippen LogP contribution in [0.25, 0.3) is 0 Å². The zero-order valence-electron chi connectivity index (χ0n) is 20.0. The number of nitro groups is 1. The quantitative estimate of drug-likeness (QED) is 0.243. The predicted octanol–water partition coefficient (Wildman–Crippen LogP) is 5.11. The van der Waals surface area contributed by atoms with Crippen molar-refractivity contribution in [3.8, 4) is 0 Å². The Morgan fingerprint density at radius 3 is 2.24 bits per heavy atom. The Morgan fingerprint density at radius 1 is 0.947 bits per heavy atom. The first-order valence-corrected chi connectivity index (χ1v) is 11.5. The van der Waals surface area contributed by atoms with Gasteiger partial charge in [-0.1, -0.05) is 18.2 Å². The second kappa shape index (κ2) is 9.97.